The number of carbonyl (C=O) groups is 2. The second-order valence-electron chi connectivity index (χ2n) is 10.3. The third kappa shape index (κ3) is 8.37. The van der Waals surface area contributed by atoms with Crippen LogP contribution in [0.5, 0.6) is 0 Å². The van der Waals surface area contributed by atoms with Gasteiger partial charge in [0, 0.05) is 56.8 Å². The first-order valence-corrected chi connectivity index (χ1v) is 14.8. The molecule has 1 aliphatic rings. The Balaban J connectivity index is 1.41. The molecule has 0 saturated carbocycles. The highest BCUT2D eigenvalue weighted by Gasteiger charge is 2.37. The number of rotatable bonds is 10. The van der Waals surface area contributed by atoms with E-state index in [-0.39, 0.29) is 17.8 Å². The molecule has 3 aromatic rings. The van der Waals surface area contributed by atoms with E-state index >= 15 is 0 Å². The van der Waals surface area contributed by atoms with Crippen molar-refractivity contribution in [2.24, 2.45) is 0 Å². The molecule has 1 unspecified atom stereocenters. The highest BCUT2D eigenvalue weighted by molar-refractivity contribution is 6.42. The summed E-state index contributed by atoms with van der Waals surface area (Å²) in [4.78, 5) is 27.3. The number of nitrogens with one attached hydrogen (secondary N) is 1. The Morgan fingerprint density at radius 1 is 0.925 bits per heavy atom. The topological polar surface area (TPSA) is 58.6 Å². The number of benzene rings is 3. The Kier molecular flexibility index (Phi) is 10.8. The van der Waals surface area contributed by atoms with Gasteiger partial charge in [0.1, 0.15) is 5.60 Å². The lowest BCUT2D eigenvalue weighted by Gasteiger charge is -2.41. The van der Waals surface area contributed by atoms with Crippen LogP contribution in [0.25, 0.3) is 0 Å². The molecule has 40 heavy (non-hydrogen) atoms. The maximum atomic E-state index is 12.9. The molecular formula is C31H32Cl4N2O3. The highest BCUT2D eigenvalue weighted by Crippen LogP contribution is 2.33. The molecule has 212 valence electrons. The first kappa shape index (κ1) is 30.7. The molecule has 0 bridgehead atoms. The van der Waals surface area contributed by atoms with E-state index in [0.717, 1.165) is 50.0 Å². The number of amides is 1. The fourth-order valence-electron chi connectivity index (χ4n) is 5.25. The van der Waals surface area contributed by atoms with Crippen molar-refractivity contribution in [2.45, 2.75) is 44.1 Å². The van der Waals surface area contributed by atoms with E-state index in [9.17, 15) is 9.59 Å². The summed E-state index contributed by atoms with van der Waals surface area (Å²) in [5.41, 5.74) is 2.02. The molecule has 1 atom stereocenters. The lowest BCUT2D eigenvalue weighted by molar-refractivity contribution is -0.162. The number of hydrogen-bond donors (Lipinski definition) is 1. The molecule has 9 heteroatoms. The zero-order chi connectivity index (χ0) is 28.7. The molecule has 4 rings (SSSR count). The van der Waals surface area contributed by atoms with Gasteiger partial charge in [0.25, 0.3) is 5.91 Å². The Morgan fingerprint density at radius 3 is 2.30 bits per heavy atom. The predicted molar refractivity (Wildman–Crippen MR) is 163 cm³/mol. The summed E-state index contributed by atoms with van der Waals surface area (Å²) in [6.07, 6.45) is 2.99. The second-order valence-corrected chi connectivity index (χ2v) is 11.9. The standard InChI is InChI=1S/C31H32Cl4N2O3/c1-21(38)40-31(19-22-5-3-2-4-6-22)12-15-37(16-13-31)14-11-24(23-7-10-27(33)29(35)17-23)20-36-30(39)26-9-8-25(32)18-28(26)34/h2-10,17-18,24H,11-16,19-20H2,1H3,(H,36,39). The quantitative estimate of drug-likeness (QED) is 0.234. The average molecular weight is 622 g/mol. The molecule has 0 spiro atoms. The molecule has 0 radical (unpaired) electrons. The van der Waals surface area contributed by atoms with Crippen LogP contribution in [0.4, 0.5) is 0 Å². The Morgan fingerprint density at radius 2 is 1.65 bits per heavy atom. The van der Waals surface area contributed by atoms with Gasteiger partial charge in [-0.3, -0.25) is 9.59 Å². The zero-order valence-electron chi connectivity index (χ0n) is 22.3. The van der Waals surface area contributed by atoms with Crippen molar-refractivity contribution in [3.05, 3.63) is 104 Å². The van der Waals surface area contributed by atoms with Crippen LogP contribution in [0.2, 0.25) is 20.1 Å². The van der Waals surface area contributed by atoms with Gasteiger partial charge < -0.3 is 15.0 Å². The number of halogens is 4. The monoisotopic (exact) mass is 620 g/mol. The number of piperidine rings is 1. The summed E-state index contributed by atoms with van der Waals surface area (Å²) >= 11 is 24.7. The number of ether oxygens (including phenoxy) is 1. The van der Waals surface area contributed by atoms with E-state index < -0.39 is 5.60 Å². The number of nitrogens with zero attached hydrogens (tertiary/aromatic N) is 1. The number of carbonyl (C=O) groups excluding carboxylic acids is 2. The van der Waals surface area contributed by atoms with Crippen LogP contribution in [0.1, 0.15) is 53.6 Å². The van der Waals surface area contributed by atoms with Gasteiger partial charge in [0.15, 0.2) is 0 Å². The van der Waals surface area contributed by atoms with Crippen LogP contribution < -0.4 is 5.32 Å². The van der Waals surface area contributed by atoms with Gasteiger partial charge >= 0.3 is 5.97 Å². The van der Waals surface area contributed by atoms with E-state index in [4.69, 9.17) is 51.1 Å². The van der Waals surface area contributed by atoms with Crippen molar-refractivity contribution in [1.29, 1.82) is 0 Å². The SMILES string of the molecule is CC(=O)OC1(Cc2ccccc2)CCN(CCC(CNC(=O)c2ccc(Cl)cc2Cl)c2ccc(Cl)c(Cl)c2)CC1. The van der Waals surface area contributed by atoms with Crippen molar-refractivity contribution in [1.82, 2.24) is 10.2 Å². The molecule has 1 aliphatic heterocycles. The Hall–Kier alpha value is -2.28. The minimum atomic E-state index is -0.501. The lowest BCUT2D eigenvalue weighted by Crippen LogP contribution is -2.48. The molecule has 1 heterocycles. The van der Waals surface area contributed by atoms with Crippen LogP contribution in [0.15, 0.2) is 66.7 Å². The first-order valence-electron chi connectivity index (χ1n) is 13.3. The molecule has 3 aromatic carbocycles. The molecule has 1 amide bonds. The van der Waals surface area contributed by atoms with Crippen LogP contribution in [-0.4, -0.2) is 48.6 Å². The van der Waals surface area contributed by atoms with Crippen LogP contribution >= 0.6 is 46.4 Å². The number of esters is 1. The summed E-state index contributed by atoms with van der Waals surface area (Å²) in [7, 11) is 0. The normalized spacial score (nSPS) is 15.8. The van der Waals surface area contributed by atoms with Gasteiger partial charge in [-0.25, -0.2) is 0 Å². The van der Waals surface area contributed by atoms with Crippen molar-refractivity contribution in [3.8, 4) is 0 Å². The third-order valence-electron chi connectivity index (χ3n) is 7.39. The molecule has 0 aromatic heterocycles. The Bertz CT molecular complexity index is 1330. The van der Waals surface area contributed by atoms with Gasteiger partial charge in [0.05, 0.1) is 20.6 Å². The lowest BCUT2D eigenvalue weighted by atomic mass is 9.84. The fraction of sp³-hybridized carbons (Fsp3) is 0.355. The summed E-state index contributed by atoms with van der Waals surface area (Å²) in [6.45, 7) is 4.30. The van der Waals surface area contributed by atoms with E-state index in [1.54, 1.807) is 24.3 Å². The molecule has 1 fully saturated rings. The summed E-state index contributed by atoms with van der Waals surface area (Å²) in [6, 6.07) is 20.6. The van der Waals surface area contributed by atoms with E-state index in [2.05, 4.69) is 22.3 Å². The molecule has 5 nitrogen and oxygen atoms in total. The van der Waals surface area contributed by atoms with Crippen LogP contribution in [-0.2, 0) is 16.0 Å². The summed E-state index contributed by atoms with van der Waals surface area (Å²) in [5.74, 6) is -0.522. The minimum absolute atomic E-state index is 0.00531. The largest absolute Gasteiger partial charge is 0.459 e. The maximum absolute atomic E-state index is 12.9. The van der Waals surface area contributed by atoms with Crippen molar-refractivity contribution >= 4 is 58.3 Å². The first-order chi connectivity index (χ1) is 19.1. The van der Waals surface area contributed by atoms with Gasteiger partial charge in [-0.2, -0.15) is 0 Å². The smallest absolute Gasteiger partial charge is 0.303 e. The predicted octanol–water partition coefficient (Wildman–Crippen LogP) is 7.84. The van der Waals surface area contributed by atoms with Gasteiger partial charge in [-0.1, -0.05) is 82.8 Å². The van der Waals surface area contributed by atoms with Gasteiger partial charge in [-0.05, 0) is 54.4 Å². The van der Waals surface area contributed by atoms with Crippen LogP contribution in [0, 0.1) is 0 Å². The van der Waals surface area contributed by atoms with Crippen molar-refractivity contribution in [2.75, 3.05) is 26.2 Å². The average Bonchev–Trinajstić information content (AvgIpc) is 2.91. The van der Waals surface area contributed by atoms with E-state index in [0.29, 0.717) is 38.6 Å². The minimum Gasteiger partial charge on any atom is -0.459 e. The maximum Gasteiger partial charge on any atom is 0.303 e. The molecule has 1 saturated heterocycles. The molecule has 0 aliphatic carbocycles. The van der Waals surface area contributed by atoms with Crippen molar-refractivity contribution in [3.63, 3.8) is 0 Å². The van der Waals surface area contributed by atoms with Gasteiger partial charge in [-0.15, -0.1) is 0 Å². The second kappa shape index (κ2) is 14.1. The zero-order valence-corrected chi connectivity index (χ0v) is 25.3. The molecule has 1 N–H and O–H groups in total. The molecular weight excluding hydrogens is 590 g/mol. The van der Waals surface area contributed by atoms with Crippen LogP contribution in [0.3, 0.4) is 0 Å². The fourth-order valence-corrected chi connectivity index (χ4v) is 6.05. The van der Waals surface area contributed by atoms with E-state index in [1.165, 1.54) is 6.92 Å². The van der Waals surface area contributed by atoms with Crippen molar-refractivity contribution < 1.29 is 14.3 Å². The number of likely N-dealkylation sites (tertiary alicyclic amines) is 1. The van der Waals surface area contributed by atoms with Gasteiger partial charge in [0.2, 0.25) is 0 Å². The Labute approximate surface area is 255 Å². The third-order valence-corrected chi connectivity index (χ3v) is 8.68. The van der Waals surface area contributed by atoms with E-state index in [1.807, 2.05) is 30.3 Å². The number of hydrogen-bond acceptors (Lipinski definition) is 4. The summed E-state index contributed by atoms with van der Waals surface area (Å²) < 4.78 is 5.92. The highest BCUT2D eigenvalue weighted by atomic mass is 35.5. The summed E-state index contributed by atoms with van der Waals surface area (Å²) in [5, 5.41) is 4.75.